The van der Waals surface area contributed by atoms with E-state index in [9.17, 15) is 26.4 Å². The summed E-state index contributed by atoms with van der Waals surface area (Å²) in [6.45, 7) is 1.83. The van der Waals surface area contributed by atoms with Crippen molar-refractivity contribution in [1.82, 2.24) is 10.3 Å². The van der Waals surface area contributed by atoms with E-state index >= 15 is 0 Å². The van der Waals surface area contributed by atoms with E-state index in [2.05, 4.69) is 15.9 Å². The third kappa shape index (κ3) is 5.02. The van der Waals surface area contributed by atoms with Gasteiger partial charge in [0, 0.05) is 4.47 Å². The number of ether oxygens (including phenoxy) is 1. The average Bonchev–Trinajstić information content (AvgIpc) is 2.92. The summed E-state index contributed by atoms with van der Waals surface area (Å²) in [7, 11) is -7.39. The van der Waals surface area contributed by atoms with Crippen molar-refractivity contribution in [2.75, 3.05) is 18.1 Å². The van der Waals surface area contributed by atoms with Gasteiger partial charge in [-0.05, 0) is 47.5 Å². The van der Waals surface area contributed by atoms with Crippen LogP contribution in [0.15, 0.2) is 27.6 Å². The van der Waals surface area contributed by atoms with Gasteiger partial charge in [-0.2, -0.15) is 0 Å². The molecular weight excluding hydrogens is 452 g/mol. The van der Waals surface area contributed by atoms with Crippen LogP contribution in [0.2, 0.25) is 0 Å². The van der Waals surface area contributed by atoms with Crippen LogP contribution in [0.4, 0.5) is 0 Å². The molecule has 1 amide bonds. The number of carbonyl (C=O) groups is 2. The highest BCUT2D eigenvalue weighted by atomic mass is 79.9. The molecule has 1 aliphatic heterocycles. The maximum atomic E-state index is 12.3. The lowest BCUT2D eigenvalue weighted by atomic mass is 10.1. The van der Waals surface area contributed by atoms with Gasteiger partial charge in [0.2, 0.25) is 5.91 Å². The maximum absolute atomic E-state index is 12.3. The molecule has 144 valence electrons. The summed E-state index contributed by atoms with van der Waals surface area (Å²) in [5.74, 6) is -2.51. The lowest BCUT2D eigenvalue weighted by Crippen LogP contribution is -2.44. The number of esters is 1. The quantitative estimate of drug-likeness (QED) is 0.454. The first kappa shape index (κ1) is 20.8. The second kappa shape index (κ2) is 8.03. The van der Waals surface area contributed by atoms with Gasteiger partial charge in [-0.1, -0.05) is 0 Å². The van der Waals surface area contributed by atoms with Crippen LogP contribution >= 0.6 is 15.9 Å². The molecule has 1 aromatic carbocycles. The first-order valence-corrected chi connectivity index (χ1v) is 11.6. The minimum Gasteiger partial charge on any atom is -0.462 e. The molecule has 1 atom stereocenters. The summed E-state index contributed by atoms with van der Waals surface area (Å²) in [4.78, 5) is 25.3. The molecule has 0 radical (unpaired) electrons. The van der Waals surface area contributed by atoms with Gasteiger partial charge in [0.1, 0.15) is 0 Å². The Morgan fingerprint density at radius 1 is 1.35 bits per heavy atom. The Balaban J connectivity index is 2.08. The fraction of sp³-hybridized carbons (Fsp3) is 0.429. The number of hydrogen-bond acceptors (Lipinski definition) is 7. The Kier molecular flexibility index (Phi) is 6.42. The van der Waals surface area contributed by atoms with Crippen LogP contribution in [0.5, 0.6) is 0 Å². The molecule has 0 saturated carbocycles. The smallest absolute Gasteiger partial charge is 0.338 e. The van der Waals surface area contributed by atoms with E-state index < -0.39 is 37.7 Å². The predicted octanol–water partition coefficient (Wildman–Crippen LogP) is 0.370. The van der Waals surface area contributed by atoms with Crippen molar-refractivity contribution < 1.29 is 31.2 Å². The van der Waals surface area contributed by atoms with Crippen LogP contribution in [-0.2, 0) is 29.4 Å². The van der Waals surface area contributed by atoms with E-state index in [0.717, 1.165) is 0 Å². The fourth-order valence-electron chi connectivity index (χ4n) is 2.34. The molecule has 0 aromatic heterocycles. The lowest BCUT2D eigenvalue weighted by Gasteiger charge is -2.12. The zero-order valence-corrected chi connectivity index (χ0v) is 16.9. The van der Waals surface area contributed by atoms with E-state index in [-0.39, 0.29) is 39.5 Å². The number of hydrogen-bond donors (Lipinski definition) is 2. The number of rotatable bonds is 6. The number of amides is 1. The molecule has 0 aliphatic carbocycles. The van der Waals surface area contributed by atoms with Gasteiger partial charge < -0.3 is 4.74 Å². The van der Waals surface area contributed by atoms with Gasteiger partial charge >= 0.3 is 5.97 Å². The fourth-order valence-corrected chi connectivity index (χ4v) is 6.00. The minimum atomic E-state index is -4.13. The molecule has 1 aromatic rings. The Morgan fingerprint density at radius 3 is 2.58 bits per heavy atom. The molecule has 1 saturated heterocycles. The highest BCUT2D eigenvalue weighted by molar-refractivity contribution is 9.10. The lowest BCUT2D eigenvalue weighted by molar-refractivity contribution is -0.124. The van der Waals surface area contributed by atoms with Gasteiger partial charge in [-0.3, -0.25) is 10.2 Å². The van der Waals surface area contributed by atoms with Crippen molar-refractivity contribution in [3.05, 3.63) is 28.2 Å². The number of halogens is 1. The first-order valence-electron chi connectivity index (χ1n) is 7.54. The van der Waals surface area contributed by atoms with Crippen LogP contribution < -0.4 is 10.3 Å². The zero-order chi connectivity index (χ0) is 19.5. The van der Waals surface area contributed by atoms with Crippen molar-refractivity contribution in [1.29, 1.82) is 0 Å². The van der Waals surface area contributed by atoms with Crippen molar-refractivity contribution in [2.45, 2.75) is 18.2 Å². The predicted molar refractivity (Wildman–Crippen MR) is 95.3 cm³/mol. The topological polar surface area (TPSA) is 136 Å². The number of sulfone groups is 1. The first-order chi connectivity index (χ1) is 12.1. The summed E-state index contributed by atoms with van der Waals surface area (Å²) in [5, 5.41) is 0. The Bertz CT molecular complexity index is 929. The van der Waals surface area contributed by atoms with Gasteiger partial charge in [-0.25, -0.2) is 21.6 Å². The molecular formula is C14H17BrN2O7S2. The highest BCUT2D eigenvalue weighted by Crippen LogP contribution is 2.23. The average molecular weight is 469 g/mol. The van der Waals surface area contributed by atoms with Crippen LogP contribution in [0.3, 0.4) is 0 Å². The van der Waals surface area contributed by atoms with E-state index in [4.69, 9.17) is 4.74 Å². The molecule has 1 unspecified atom stereocenters. The number of hydrazine groups is 1. The van der Waals surface area contributed by atoms with Gasteiger partial charge in [-0.15, -0.1) is 4.83 Å². The third-order valence-corrected chi connectivity index (χ3v) is 7.64. The van der Waals surface area contributed by atoms with Crippen molar-refractivity contribution in [2.24, 2.45) is 5.92 Å². The Hall–Kier alpha value is -1.50. The Labute approximate surface area is 159 Å². The van der Waals surface area contributed by atoms with E-state index in [0.29, 0.717) is 0 Å². The molecule has 26 heavy (non-hydrogen) atoms. The van der Waals surface area contributed by atoms with E-state index in [1.807, 2.05) is 10.3 Å². The molecule has 2 rings (SSSR count). The molecule has 1 fully saturated rings. The third-order valence-electron chi connectivity index (χ3n) is 3.64. The van der Waals surface area contributed by atoms with Crippen LogP contribution in [0.1, 0.15) is 23.7 Å². The van der Waals surface area contributed by atoms with Crippen molar-refractivity contribution in [3.63, 3.8) is 0 Å². The Morgan fingerprint density at radius 2 is 2.04 bits per heavy atom. The van der Waals surface area contributed by atoms with Crippen LogP contribution in [0, 0.1) is 5.92 Å². The standard InChI is InChI=1S/C14H17BrN2O7S2/c1-2-24-14(19)9-3-4-12(11(15)7-9)26(22,23)17-16-13(18)10-5-6-25(20,21)8-10/h3-4,7,10,17H,2,5-6,8H2,1H3,(H,16,18). The van der Waals surface area contributed by atoms with Crippen LogP contribution in [0.25, 0.3) is 0 Å². The molecule has 0 bridgehead atoms. The zero-order valence-electron chi connectivity index (χ0n) is 13.7. The minimum absolute atomic E-state index is 0.0985. The largest absolute Gasteiger partial charge is 0.462 e. The SMILES string of the molecule is CCOC(=O)c1ccc(S(=O)(=O)NNC(=O)C2CCS(=O)(=O)C2)c(Br)c1. The summed E-state index contributed by atoms with van der Waals surface area (Å²) in [6, 6.07) is 3.76. The monoisotopic (exact) mass is 468 g/mol. The van der Waals surface area contributed by atoms with Crippen molar-refractivity contribution >= 4 is 47.7 Å². The molecule has 0 spiro atoms. The molecule has 1 aliphatic rings. The summed E-state index contributed by atoms with van der Waals surface area (Å²) in [6.07, 6.45) is 0.147. The second-order valence-corrected chi connectivity index (χ2v) is 10.3. The van der Waals surface area contributed by atoms with Crippen LogP contribution in [-0.4, -0.2) is 46.8 Å². The van der Waals surface area contributed by atoms with E-state index in [1.165, 1.54) is 18.2 Å². The normalized spacial score (nSPS) is 19.1. The highest BCUT2D eigenvalue weighted by Gasteiger charge is 2.33. The molecule has 9 nitrogen and oxygen atoms in total. The van der Waals surface area contributed by atoms with Crippen molar-refractivity contribution in [3.8, 4) is 0 Å². The van der Waals surface area contributed by atoms with Gasteiger partial charge in [0.15, 0.2) is 9.84 Å². The summed E-state index contributed by atoms with van der Waals surface area (Å²) >= 11 is 3.07. The number of benzene rings is 1. The van der Waals surface area contributed by atoms with E-state index in [1.54, 1.807) is 6.92 Å². The summed E-state index contributed by atoms with van der Waals surface area (Å²) in [5.41, 5.74) is 2.20. The molecule has 1 heterocycles. The second-order valence-electron chi connectivity index (χ2n) is 5.56. The van der Waals surface area contributed by atoms with Gasteiger partial charge in [0.25, 0.3) is 10.0 Å². The number of nitrogens with one attached hydrogen (secondary N) is 2. The maximum Gasteiger partial charge on any atom is 0.338 e. The summed E-state index contributed by atoms with van der Waals surface area (Å²) < 4.78 is 52.3. The number of sulfonamides is 1. The number of carbonyl (C=O) groups excluding carboxylic acids is 2. The van der Waals surface area contributed by atoms with Gasteiger partial charge in [0.05, 0.1) is 34.5 Å². The molecule has 12 heteroatoms. The molecule has 2 N–H and O–H groups in total.